The van der Waals surface area contributed by atoms with Gasteiger partial charge in [0.1, 0.15) is 5.82 Å². The first kappa shape index (κ1) is 22.4. The summed E-state index contributed by atoms with van der Waals surface area (Å²) in [5.41, 5.74) is 4.51. The Balaban J connectivity index is 0.00000338. The Morgan fingerprint density at radius 1 is 1.35 bits per heavy atom. The Labute approximate surface area is 172 Å². The smallest absolute Gasteiger partial charge is 0.191 e. The normalized spacial score (nSPS) is 12.5. The summed E-state index contributed by atoms with van der Waals surface area (Å²) in [6.45, 7) is 6.96. The van der Waals surface area contributed by atoms with Gasteiger partial charge >= 0.3 is 0 Å². The van der Waals surface area contributed by atoms with Crippen molar-refractivity contribution in [2.24, 2.45) is 12.0 Å². The molecule has 0 fully saturated rings. The van der Waals surface area contributed by atoms with E-state index in [4.69, 9.17) is 0 Å². The molecule has 0 amide bonds. The van der Waals surface area contributed by atoms with Gasteiger partial charge in [0.2, 0.25) is 0 Å². The number of hydrogen-bond donors (Lipinski definition) is 2. The van der Waals surface area contributed by atoms with Gasteiger partial charge in [0, 0.05) is 32.4 Å². The quantitative estimate of drug-likeness (QED) is 0.385. The Morgan fingerprint density at radius 2 is 2.08 bits per heavy atom. The van der Waals surface area contributed by atoms with Crippen LogP contribution in [-0.4, -0.2) is 35.4 Å². The van der Waals surface area contributed by atoms with Gasteiger partial charge in [-0.25, -0.2) is 4.39 Å². The Hall–Kier alpha value is -1.64. The van der Waals surface area contributed by atoms with E-state index in [0.717, 1.165) is 30.1 Å². The SMILES string of the molecule is CN=C(NCCc1cccc(F)c1)NC(C)Cc1c(C)nn(C)c1C.I. The van der Waals surface area contributed by atoms with E-state index in [1.807, 2.05) is 24.7 Å². The molecule has 1 atom stereocenters. The van der Waals surface area contributed by atoms with Crippen molar-refractivity contribution in [3.63, 3.8) is 0 Å². The molecular formula is C19H29FIN5. The Morgan fingerprint density at radius 3 is 2.65 bits per heavy atom. The number of aliphatic imine (C=N–C) groups is 1. The fourth-order valence-corrected chi connectivity index (χ4v) is 2.92. The number of nitrogens with one attached hydrogen (secondary N) is 2. The van der Waals surface area contributed by atoms with Gasteiger partial charge in [-0.3, -0.25) is 9.67 Å². The van der Waals surface area contributed by atoms with E-state index in [1.54, 1.807) is 19.2 Å². The Kier molecular flexibility index (Phi) is 9.04. The molecule has 0 saturated carbocycles. The summed E-state index contributed by atoms with van der Waals surface area (Å²) >= 11 is 0. The zero-order valence-electron chi connectivity index (χ0n) is 16.1. The van der Waals surface area contributed by atoms with E-state index in [0.29, 0.717) is 6.54 Å². The highest BCUT2D eigenvalue weighted by molar-refractivity contribution is 14.0. The minimum Gasteiger partial charge on any atom is -0.356 e. The third kappa shape index (κ3) is 6.26. The van der Waals surface area contributed by atoms with Crippen LogP contribution in [-0.2, 0) is 19.9 Å². The van der Waals surface area contributed by atoms with Gasteiger partial charge in [-0.2, -0.15) is 5.10 Å². The monoisotopic (exact) mass is 473 g/mol. The van der Waals surface area contributed by atoms with Crippen LogP contribution in [0.3, 0.4) is 0 Å². The molecule has 0 saturated heterocycles. The number of aromatic nitrogens is 2. The fourth-order valence-electron chi connectivity index (χ4n) is 2.92. The molecule has 1 aromatic carbocycles. The third-order valence-electron chi connectivity index (χ3n) is 4.37. The maximum atomic E-state index is 13.2. The molecule has 0 spiro atoms. The highest BCUT2D eigenvalue weighted by Crippen LogP contribution is 2.14. The molecule has 0 radical (unpaired) electrons. The third-order valence-corrected chi connectivity index (χ3v) is 4.37. The van der Waals surface area contributed by atoms with Gasteiger partial charge in [-0.1, -0.05) is 12.1 Å². The number of benzene rings is 1. The van der Waals surface area contributed by atoms with E-state index < -0.39 is 0 Å². The van der Waals surface area contributed by atoms with Gasteiger partial charge in [0.05, 0.1) is 5.69 Å². The van der Waals surface area contributed by atoms with Crippen LogP contribution in [0.2, 0.25) is 0 Å². The largest absolute Gasteiger partial charge is 0.356 e. The molecule has 1 unspecified atom stereocenters. The Bertz CT molecular complexity index is 742. The van der Waals surface area contributed by atoms with Crippen molar-refractivity contribution in [2.75, 3.05) is 13.6 Å². The number of guanidine groups is 1. The second-order valence-corrected chi connectivity index (χ2v) is 6.40. The van der Waals surface area contributed by atoms with Crippen LogP contribution in [0.15, 0.2) is 29.3 Å². The first-order valence-electron chi connectivity index (χ1n) is 8.61. The molecule has 5 nitrogen and oxygen atoms in total. The molecule has 2 N–H and O–H groups in total. The molecule has 1 aromatic heterocycles. The molecule has 0 aliphatic rings. The molecule has 0 aliphatic carbocycles. The zero-order valence-corrected chi connectivity index (χ0v) is 18.5. The minimum absolute atomic E-state index is 0. The average molecular weight is 473 g/mol. The van der Waals surface area contributed by atoms with E-state index >= 15 is 0 Å². The van der Waals surface area contributed by atoms with Crippen molar-refractivity contribution in [3.8, 4) is 0 Å². The predicted molar refractivity (Wildman–Crippen MR) is 116 cm³/mol. The highest BCUT2D eigenvalue weighted by atomic mass is 127. The lowest BCUT2D eigenvalue weighted by Crippen LogP contribution is -2.43. The topological polar surface area (TPSA) is 54.2 Å². The molecule has 1 heterocycles. The zero-order chi connectivity index (χ0) is 18.4. The summed E-state index contributed by atoms with van der Waals surface area (Å²) in [4.78, 5) is 4.27. The predicted octanol–water partition coefficient (Wildman–Crippen LogP) is 3.13. The maximum Gasteiger partial charge on any atom is 0.191 e. The highest BCUT2D eigenvalue weighted by Gasteiger charge is 2.13. The van der Waals surface area contributed by atoms with E-state index in [9.17, 15) is 4.39 Å². The summed E-state index contributed by atoms with van der Waals surface area (Å²) in [6.07, 6.45) is 1.63. The van der Waals surface area contributed by atoms with Crippen molar-refractivity contribution in [3.05, 3.63) is 52.6 Å². The molecule has 7 heteroatoms. The van der Waals surface area contributed by atoms with Crippen LogP contribution in [0.25, 0.3) is 0 Å². The van der Waals surface area contributed by atoms with Crippen LogP contribution in [0.4, 0.5) is 4.39 Å². The van der Waals surface area contributed by atoms with Crippen LogP contribution in [0.1, 0.15) is 29.4 Å². The second kappa shape index (κ2) is 10.5. The molecule has 2 rings (SSSR count). The van der Waals surface area contributed by atoms with Gasteiger partial charge in [0.25, 0.3) is 0 Å². The molecular weight excluding hydrogens is 444 g/mol. The lowest BCUT2D eigenvalue weighted by molar-refractivity contribution is 0.623. The number of rotatable bonds is 6. The van der Waals surface area contributed by atoms with Crippen LogP contribution >= 0.6 is 24.0 Å². The van der Waals surface area contributed by atoms with E-state index in [1.165, 1.54) is 17.3 Å². The molecule has 2 aromatic rings. The second-order valence-electron chi connectivity index (χ2n) is 6.40. The van der Waals surface area contributed by atoms with Crippen molar-refractivity contribution >= 4 is 29.9 Å². The number of nitrogens with zero attached hydrogens (tertiary/aromatic N) is 3. The number of halogens is 2. The molecule has 0 aliphatic heterocycles. The molecule has 26 heavy (non-hydrogen) atoms. The van der Waals surface area contributed by atoms with Crippen molar-refractivity contribution in [2.45, 2.75) is 39.7 Å². The summed E-state index contributed by atoms with van der Waals surface area (Å²) in [6, 6.07) is 6.91. The van der Waals surface area contributed by atoms with Crippen LogP contribution < -0.4 is 10.6 Å². The van der Waals surface area contributed by atoms with Crippen molar-refractivity contribution < 1.29 is 4.39 Å². The first-order chi connectivity index (χ1) is 11.9. The lowest BCUT2D eigenvalue weighted by atomic mass is 10.1. The summed E-state index contributed by atoms with van der Waals surface area (Å²) < 4.78 is 15.1. The van der Waals surface area contributed by atoms with Crippen LogP contribution in [0, 0.1) is 19.7 Å². The average Bonchev–Trinajstić information content (AvgIpc) is 2.80. The fraction of sp³-hybridized carbons (Fsp3) is 0.474. The minimum atomic E-state index is -0.198. The van der Waals surface area contributed by atoms with Gasteiger partial charge < -0.3 is 10.6 Å². The summed E-state index contributed by atoms with van der Waals surface area (Å²) in [5, 5.41) is 11.2. The number of aryl methyl sites for hydroxylation is 2. The van der Waals surface area contributed by atoms with Gasteiger partial charge in [-0.05, 0) is 56.9 Å². The molecule has 0 bridgehead atoms. The van der Waals surface area contributed by atoms with E-state index in [-0.39, 0.29) is 35.8 Å². The first-order valence-corrected chi connectivity index (χ1v) is 8.61. The van der Waals surface area contributed by atoms with Crippen molar-refractivity contribution in [1.29, 1.82) is 0 Å². The van der Waals surface area contributed by atoms with E-state index in [2.05, 4.69) is 34.6 Å². The number of hydrogen-bond acceptors (Lipinski definition) is 2. The van der Waals surface area contributed by atoms with Gasteiger partial charge in [0.15, 0.2) is 5.96 Å². The summed E-state index contributed by atoms with van der Waals surface area (Å²) in [7, 11) is 3.72. The molecule has 144 valence electrons. The van der Waals surface area contributed by atoms with Crippen molar-refractivity contribution in [1.82, 2.24) is 20.4 Å². The van der Waals surface area contributed by atoms with Gasteiger partial charge in [-0.15, -0.1) is 24.0 Å². The lowest BCUT2D eigenvalue weighted by Gasteiger charge is -2.18. The van der Waals surface area contributed by atoms with Crippen LogP contribution in [0.5, 0.6) is 0 Å². The maximum absolute atomic E-state index is 13.2. The standard InChI is InChI=1S/C19H28FN5.HI/c1-13(11-18-14(2)24-25(5)15(18)3)23-19(21-4)22-10-9-16-7-6-8-17(20)12-16;/h6-8,12-13H,9-11H2,1-5H3,(H2,21,22,23);1H. The summed E-state index contributed by atoms with van der Waals surface area (Å²) in [5.74, 6) is 0.555.